The number of hydrogen-bond donors (Lipinski definition) is 2. The van der Waals surface area contributed by atoms with Crippen LogP contribution in [0, 0.1) is 5.82 Å². The summed E-state index contributed by atoms with van der Waals surface area (Å²) in [5.74, 6) is 0.246. The maximum atomic E-state index is 13.5. The molecular weight excluding hydrogens is 311 g/mol. The van der Waals surface area contributed by atoms with E-state index in [4.69, 9.17) is 9.57 Å². The normalized spacial score (nSPS) is 16.5. The second-order valence-corrected chi connectivity index (χ2v) is 5.58. The molecule has 2 amide bonds. The van der Waals surface area contributed by atoms with Crippen LogP contribution in [-0.4, -0.2) is 12.6 Å². The van der Waals surface area contributed by atoms with Crippen LogP contribution in [0.5, 0.6) is 5.75 Å². The minimum atomic E-state index is -0.465. The summed E-state index contributed by atoms with van der Waals surface area (Å²) in [7, 11) is 0. The topological polar surface area (TPSA) is 59.6 Å². The number of urea groups is 1. The number of hydrogen-bond acceptors (Lipinski definition) is 3. The van der Waals surface area contributed by atoms with Gasteiger partial charge in [-0.05, 0) is 36.6 Å². The average molecular weight is 330 g/mol. The van der Waals surface area contributed by atoms with Crippen molar-refractivity contribution < 1.29 is 18.8 Å². The molecule has 24 heavy (non-hydrogen) atoms. The SMILES string of the molecule is O=C(NOCc1ccccc1)N[C@@H]1CCCOc2ccc(F)cc21. The highest BCUT2D eigenvalue weighted by Gasteiger charge is 2.22. The predicted molar refractivity (Wildman–Crippen MR) is 86.8 cm³/mol. The number of nitrogens with one attached hydrogen (secondary N) is 2. The van der Waals surface area contributed by atoms with Gasteiger partial charge in [-0.15, -0.1) is 0 Å². The van der Waals surface area contributed by atoms with Crippen molar-refractivity contribution in [2.45, 2.75) is 25.5 Å². The summed E-state index contributed by atoms with van der Waals surface area (Å²) in [4.78, 5) is 17.2. The Morgan fingerprint density at radius 2 is 2.08 bits per heavy atom. The number of halogens is 1. The molecule has 1 heterocycles. The quantitative estimate of drug-likeness (QED) is 0.844. The summed E-state index contributed by atoms with van der Waals surface area (Å²) in [5, 5.41) is 2.81. The van der Waals surface area contributed by atoms with Crippen LogP contribution >= 0.6 is 0 Å². The molecule has 6 heteroatoms. The highest BCUT2D eigenvalue weighted by atomic mass is 19.1. The van der Waals surface area contributed by atoms with Crippen molar-refractivity contribution in [1.29, 1.82) is 0 Å². The zero-order valence-electron chi connectivity index (χ0n) is 13.1. The molecule has 1 aliphatic rings. The maximum Gasteiger partial charge on any atom is 0.339 e. The van der Waals surface area contributed by atoms with Gasteiger partial charge in [-0.1, -0.05) is 30.3 Å². The van der Waals surface area contributed by atoms with Gasteiger partial charge in [0.15, 0.2) is 0 Å². The van der Waals surface area contributed by atoms with Gasteiger partial charge < -0.3 is 10.1 Å². The molecule has 0 unspecified atom stereocenters. The lowest BCUT2D eigenvalue weighted by Gasteiger charge is -2.18. The Labute approximate surface area is 139 Å². The van der Waals surface area contributed by atoms with Gasteiger partial charge in [0.25, 0.3) is 0 Å². The molecule has 126 valence electrons. The maximum absolute atomic E-state index is 13.5. The molecule has 0 saturated heterocycles. The van der Waals surface area contributed by atoms with Gasteiger partial charge in [0.1, 0.15) is 11.6 Å². The van der Waals surface area contributed by atoms with Crippen LogP contribution in [0.25, 0.3) is 0 Å². The van der Waals surface area contributed by atoms with Crippen molar-refractivity contribution in [3.05, 3.63) is 65.5 Å². The van der Waals surface area contributed by atoms with Crippen LogP contribution in [0.3, 0.4) is 0 Å². The van der Waals surface area contributed by atoms with E-state index in [1.54, 1.807) is 6.07 Å². The first-order chi connectivity index (χ1) is 11.7. The van der Waals surface area contributed by atoms with Crippen molar-refractivity contribution in [1.82, 2.24) is 10.8 Å². The summed E-state index contributed by atoms with van der Waals surface area (Å²) in [6, 6.07) is 13.1. The Bertz CT molecular complexity index is 694. The fourth-order valence-corrected chi connectivity index (χ4v) is 2.64. The molecule has 0 saturated carbocycles. The zero-order chi connectivity index (χ0) is 16.8. The minimum Gasteiger partial charge on any atom is -0.493 e. The van der Waals surface area contributed by atoms with E-state index in [0.717, 1.165) is 12.0 Å². The molecule has 2 aromatic carbocycles. The van der Waals surface area contributed by atoms with E-state index in [1.165, 1.54) is 12.1 Å². The lowest BCUT2D eigenvalue weighted by molar-refractivity contribution is 0.0480. The molecule has 0 radical (unpaired) electrons. The van der Waals surface area contributed by atoms with E-state index < -0.39 is 6.03 Å². The summed E-state index contributed by atoms with van der Waals surface area (Å²) in [5.41, 5.74) is 3.96. The molecule has 0 aromatic heterocycles. The number of fused-ring (bicyclic) bond motifs is 1. The first-order valence-corrected chi connectivity index (χ1v) is 7.87. The third-order valence-electron chi connectivity index (χ3n) is 3.79. The van der Waals surface area contributed by atoms with Crippen LogP contribution in [0.4, 0.5) is 9.18 Å². The smallest absolute Gasteiger partial charge is 0.339 e. The van der Waals surface area contributed by atoms with Gasteiger partial charge in [-0.2, -0.15) is 0 Å². The number of benzene rings is 2. The molecule has 5 nitrogen and oxygen atoms in total. The summed E-state index contributed by atoms with van der Waals surface area (Å²) in [6.07, 6.45) is 1.44. The van der Waals surface area contributed by atoms with Crippen LogP contribution < -0.4 is 15.5 Å². The van der Waals surface area contributed by atoms with E-state index in [-0.39, 0.29) is 18.5 Å². The van der Waals surface area contributed by atoms with Crippen LogP contribution in [-0.2, 0) is 11.4 Å². The Morgan fingerprint density at radius 3 is 2.92 bits per heavy atom. The van der Waals surface area contributed by atoms with Crippen molar-refractivity contribution in [2.24, 2.45) is 0 Å². The van der Waals surface area contributed by atoms with E-state index in [9.17, 15) is 9.18 Å². The summed E-state index contributed by atoms with van der Waals surface area (Å²) < 4.78 is 19.1. The highest BCUT2D eigenvalue weighted by Crippen LogP contribution is 2.31. The van der Waals surface area contributed by atoms with Gasteiger partial charge in [0.2, 0.25) is 0 Å². The van der Waals surface area contributed by atoms with Gasteiger partial charge >= 0.3 is 6.03 Å². The number of carbonyl (C=O) groups excluding carboxylic acids is 1. The largest absolute Gasteiger partial charge is 0.493 e. The van der Waals surface area contributed by atoms with Gasteiger partial charge in [0.05, 0.1) is 19.3 Å². The van der Waals surface area contributed by atoms with E-state index in [1.807, 2.05) is 30.3 Å². The lowest BCUT2D eigenvalue weighted by Crippen LogP contribution is -2.37. The molecule has 3 rings (SSSR count). The first-order valence-electron chi connectivity index (χ1n) is 7.87. The minimum absolute atomic E-state index is 0.271. The second-order valence-electron chi connectivity index (χ2n) is 5.58. The second kappa shape index (κ2) is 7.79. The molecule has 2 aromatic rings. The van der Waals surface area contributed by atoms with Crippen molar-refractivity contribution in [3.8, 4) is 5.75 Å². The highest BCUT2D eigenvalue weighted by molar-refractivity contribution is 5.73. The van der Waals surface area contributed by atoms with Crippen LogP contribution in [0.15, 0.2) is 48.5 Å². The standard InChI is InChI=1S/C18H19FN2O3/c19-14-8-9-17-15(11-14)16(7-4-10-23-17)20-18(22)21-24-12-13-5-2-1-3-6-13/h1-3,5-6,8-9,11,16H,4,7,10,12H2,(H2,20,21,22)/t16-/m1/s1. The number of ether oxygens (including phenoxy) is 1. The van der Waals surface area contributed by atoms with E-state index in [2.05, 4.69) is 10.8 Å². The fourth-order valence-electron chi connectivity index (χ4n) is 2.64. The Kier molecular flexibility index (Phi) is 5.28. The van der Waals surface area contributed by atoms with Crippen molar-refractivity contribution in [2.75, 3.05) is 6.61 Å². The lowest BCUT2D eigenvalue weighted by atomic mass is 10.0. The number of hydroxylamine groups is 1. The molecule has 0 aliphatic carbocycles. The number of carbonyl (C=O) groups is 1. The van der Waals surface area contributed by atoms with Gasteiger partial charge in [-0.25, -0.2) is 14.7 Å². The molecule has 0 bridgehead atoms. The van der Waals surface area contributed by atoms with E-state index in [0.29, 0.717) is 24.3 Å². The third kappa shape index (κ3) is 4.23. The summed E-state index contributed by atoms with van der Waals surface area (Å²) >= 11 is 0. The first kappa shape index (κ1) is 16.3. The van der Waals surface area contributed by atoms with Gasteiger partial charge in [0, 0.05) is 5.56 Å². The summed E-state index contributed by atoms with van der Waals surface area (Å²) in [6.45, 7) is 0.816. The molecule has 1 atom stereocenters. The monoisotopic (exact) mass is 330 g/mol. The number of amides is 2. The average Bonchev–Trinajstić information content (AvgIpc) is 2.78. The molecular formula is C18H19FN2O3. The van der Waals surface area contributed by atoms with Crippen LogP contribution in [0.1, 0.15) is 30.0 Å². The van der Waals surface area contributed by atoms with Crippen LogP contribution in [0.2, 0.25) is 0 Å². The Morgan fingerprint density at radius 1 is 1.25 bits per heavy atom. The van der Waals surface area contributed by atoms with Gasteiger partial charge in [-0.3, -0.25) is 4.84 Å². The molecule has 0 fully saturated rings. The Balaban J connectivity index is 1.57. The number of rotatable bonds is 4. The Hall–Kier alpha value is -2.60. The third-order valence-corrected chi connectivity index (χ3v) is 3.79. The predicted octanol–water partition coefficient (Wildman–Crippen LogP) is 3.47. The van der Waals surface area contributed by atoms with Crippen molar-refractivity contribution in [3.63, 3.8) is 0 Å². The van der Waals surface area contributed by atoms with Crippen molar-refractivity contribution >= 4 is 6.03 Å². The zero-order valence-corrected chi connectivity index (χ0v) is 13.1. The van der Waals surface area contributed by atoms with E-state index >= 15 is 0 Å². The molecule has 0 spiro atoms. The molecule has 1 aliphatic heterocycles. The molecule has 2 N–H and O–H groups in total. The fraction of sp³-hybridized carbons (Fsp3) is 0.278.